The Labute approximate surface area is 114 Å². The van der Waals surface area contributed by atoms with Crippen LogP contribution in [0.5, 0.6) is 0 Å². The molecule has 1 aromatic carbocycles. The van der Waals surface area contributed by atoms with Crippen LogP contribution in [-0.4, -0.2) is 26.9 Å². The number of hydrogen-bond donors (Lipinski definition) is 0. The van der Waals surface area contributed by atoms with Gasteiger partial charge in [0.1, 0.15) is 0 Å². The third-order valence-electron chi connectivity index (χ3n) is 3.66. The quantitative estimate of drug-likeness (QED) is 0.707. The molecule has 0 aliphatic heterocycles. The first kappa shape index (κ1) is 15.5. The van der Waals surface area contributed by atoms with Gasteiger partial charge in [0.25, 0.3) is 0 Å². The van der Waals surface area contributed by atoms with E-state index in [1.807, 2.05) is 0 Å². The highest BCUT2D eigenvalue weighted by Crippen LogP contribution is 2.27. The molecule has 0 unspecified atom stereocenters. The molecule has 102 valence electrons. The molecular formula is C16H29NSi. The SMILES string of the molecule is CC(C)C[Si](CC(C)C)(c1ccccc1)N(C)C. The van der Waals surface area contributed by atoms with Crippen molar-refractivity contribution in [2.75, 3.05) is 14.1 Å². The zero-order valence-corrected chi connectivity index (χ0v) is 13.9. The van der Waals surface area contributed by atoms with Crippen LogP contribution < -0.4 is 5.19 Å². The molecule has 0 amide bonds. The van der Waals surface area contributed by atoms with Crippen LogP contribution in [0.25, 0.3) is 0 Å². The largest absolute Gasteiger partial charge is 0.325 e. The molecule has 0 bridgehead atoms. The van der Waals surface area contributed by atoms with Crippen molar-refractivity contribution in [3.8, 4) is 0 Å². The van der Waals surface area contributed by atoms with Gasteiger partial charge in [-0.15, -0.1) is 0 Å². The van der Waals surface area contributed by atoms with E-state index in [0.29, 0.717) is 0 Å². The van der Waals surface area contributed by atoms with E-state index in [-0.39, 0.29) is 0 Å². The molecule has 0 N–H and O–H groups in total. The fraction of sp³-hybridized carbons (Fsp3) is 0.625. The van der Waals surface area contributed by atoms with E-state index < -0.39 is 8.24 Å². The molecule has 0 fully saturated rings. The first-order valence-electron chi connectivity index (χ1n) is 7.11. The maximum absolute atomic E-state index is 2.56. The molecular weight excluding hydrogens is 234 g/mol. The molecule has 0 saturated heterocycles. The van der Waals surface area contributed by atoms with Gasteiger partial charge in [0, 0.05) is 0 Å². The second-order valence-electron chi connectivity index (χ2n) is 6.49. The molecule has 18 heavy (non-hydrogen) atoms. The third kappa shape index (κ3) is 3.69. The van der Waals surface area contributed by atoms with Gasteiger partial charge in [-0.1, -0.05) is 58.0 Å². The average Bonchev–Trinajstić information content (AvgIpc) is 2.27. The first-order chi connectivity index (χ1) is 8.38. The zero-order valence-electron chi connectivity index (χ0n) is 12.9. The fourth-order valence-electron chi connectivity index (χ4n) is 3.04. The van der Waals surface area contributed by atoms with Gasteiger partial charge in [-0.3, -0.25) is 0 Å². The van der Waals surface area contributed by atoms with Crippen LogP contribution >= 0.6 is 0 Å². The molecule has 0 aliphatic rings. The van der Waals surface area contributed by atoms with E-state index in [2.05, 4.69) is 76.7 Å². The highest BCUT2D eigenvalue weighted by atomic mass is 28.3. The van der Waals surface area contributed by atoms with Gasteiger partial charge in [-0.05, 0) is 43.2 Å². The molecule has 1 rings (SSSR count). The van der Waals surface area contributed by atoms with Gasteiger partial charge < -0.3 is 4.57 Å². The van der Waals surface area contributed by atoms with Gasteiger partial charge in [0.2, 0.25) is 0 Å². The Bertz CT molecular complexity index is 333. The lowest BCUT2D eigenvalue weighted by atomic mass is 10.3. The third-order valence-corrected chi connectivity index (χ3v) is 9.76. The van der Waals surface area contributed by atoms with Gasteiger partial charge in [-0.2, -0.15) is 0 Å². The van der Waals surface area contributed by atoms with Crippen LogP contribution in [0.3, 0.4) is 0 Å². The van der Waals surface area contributed by atoms with Crippen LogP contribution in [-0.2, 0) is 0 Å². The number of rotatable bonds is 6. The van der Waals surface area contributed by atoms with Gasteiger partial charge >= 0.3 is 0 Å². The lowest BCUT2D eigenvalue weighted by Crippen LogP contribution is -2.60. The minimum absolute atomic E-state index is 0.762. The molecule has 0 spiro atoms. The van der Waals surface area contributed by atoms with E-state index in [0.717, 1.165) is 11.8 Å². The van der Waals surface area contributed by atoms with Crippen LogP contribution in [0.15, 0.2) is 30.3 Å². The van der Waals surface area contributed by atoms with E-state index in [4.69, 9.17) is 0 Å². The van der Waals surface area contributed by atoms with Crippen molar-refractivity contribution in [3.63, 3.8) is 0 Å². The lowest BCUT2D eigenvalue weighted by Gasteiger charge is -2.41. The highest BCUT2D eigenvalue weighted by Gasteiger charge is 2.38. The first-order valence-corrected chi connectivity index (χ1v) is 9.47. The molecule has 0 atom stereocenters. The Morgan fingerprint density at radius 3 is 1.67 bits per heavy atom. The summed E-state index contributed by atoms with van der Waals surface area (Å²) >= 11 is 0. The van der Waals surface area contributed by atoms with Crippen LogP contribution in [0.2, 0.25) is 12.1 Å². The highest BCUT2D eigenvalue weighted by molar-refractivity contribution is 6.89. The van der Waals surface area contributed by atoms with Crippen LogP contribution in [0, 0.1) is 11.8 Å². The molecule has 1 aromatic rings. The summed E-state index contributed by atoms with van der Waals surface area (Å²) in [6, 6.07) is 13.9. The monoisotopic (exact) mass is 263 g/mol. The number of nitrogens with zero attached hydrogens (tertiary/aromatic N) is 1. The van der Waals surface area contributed by atoms with Crippen molar-refractivity contribution >= 4 is 13.4 Å². The maximum atomic E-state index is 2.56. The Morgan fingerprint density at radius 2 is 1.33 bits per heavy atom. The van der Waals surface area contributed by atoms with Crippen molar-refractivity contribution in [1.82, 2.24) is 4.57 Å². The summed E-state index contributed by atoms with van der Waals surface area (Å²) < 4.78 is 2.56. The standard InChI is InChI=1S/C16H29NSi/c1-14(2)12-18(17(5)6,13-15(3)4)16-10-8-7-9-11-16/h7-11,14-15H,12-13H2,1-6H3. The van der Waals surface area contributed by atoms with Crippen molar-refractivity contribution in [2.24, 2.45) is 11.8 Å². The average molecular weight is 264 g/mol. The molecule has 0 aromatic heterocycles. The molecule has 0 heterocycles. The van der Waals surface area contributed by atoms with Crippen molar-refractivity contribution < 1.29 is 0 Å². The molecule has 2 heteroatoms. The summed E-state index contributed by atoms with van der Waals surface area (Å²) in [5, 5.41) is 1.59. The molecule has 0 saturated carbocycles. The summed E-state index contributed by atoms with van der Waals surface area (Å²) in [6.07, 6.45) is 0. The Morgan fingerprint density at radius 1 is 0.889 bits per heavy atom. The molecule has 1 nitrogen and oxygen atoms in total. The number of benzene rings is 1. The minimum Gasteiger partial charge on any atom is -0.325 e. The zero-order chi connectivity index (χ0) is 13.8. The van der Waals surface area contributed by atoms with E-state index in [1.54, 1.807) is 5.19 Å². The van der Waals surface area contributed by atoms with Crippen molar-refractivity contribution in [3.05, 3.63) is 30.3 Å². The molecule has 0 radical (unpaired) electrons. The second kappa shape index (κ2) is 6.53. The second-order valence-corrected chi connectivity index (χ2v) is 10.8. The Kier molecular flexibility index (Phi) is 5.61. The smallest absolute Gasteiger partial charge is 0.160 e. The topological polar surface area (TPSA) is 3.24 Å². The Hall–Kier alpha value is -0.603. The van der Waals surface area contributed by atoms with E-state index >= 15 is 0 Å². The number of hydrogen-bond acceptors (Lipinski definition) is 1. The van der Waals surface area contributed by atoms with Gasteiger partial charge in [-0.25, -0.2) is 0 Å². The summed E-state index contributed by atoms with van der Waals surface area (Å²) in [6.45, 7) is 9.42. The predicted molar refractivity (Wildman–Crippen MR) is 84.8 cm³/mol. The predicted octanol–water partition coefficient (Wildman–Crippen LogP) is 3.71. The lowest BCUT2D eigenvalue weighted by molar-refractivity contribution is 0.562. The van der Waals surface area contributed by atoms with Crippen molar-refractivity contribution in [2.45, 2.75) is 39.8 Å². The van der Waals surface area contributed by atoms with Crippen molar-refractivity contribution in [1.29, 1.82) is 0 Å². The minimum atomic E-state index is -1.54. The van der Waals surface area contributed by atoms with Crippen LogP contribution in [0.1, 0.15) is 27.7 Å². The van der Waals surface area contributed by atoms with E-state index in [9.17, 15) is 0 Å². The molecule has 0 aliphatic carbocycles. The normalized spacial score (nSPS) is 12.7. The fourth-order valence-corrected chi connectivity index (χ4v) is 8.44. The van der Waals surface area contributed by atoms with Crippen LogP contribution in [0.4, 0.5) is 0 Å². The summed E-state index contributed by atoms with van der Waals surface area (Å²) in [5.41, 5.74) is 0. The summed E-state index contributed by atoms with van der Waals surface area (Å²) in [5.74, 6) is 1.52. The van der Waals surface area contributed by atoms with E-state index in [1.165, 1.54) is 12.1 Å². The Balaban J connectivity index is 3.20. The summed E-state index contributed by atoms with van der Waals surface area (Å²) in [7, 11) is 3.02. The maximum Gasteiger partial charge on any atom is 0.160 e. The van der Waals surface area contributed by atoms with Gasteiger partial charge in [0.15, 0.2) is 8.24 Å². The summed E-state index contributed by atoms with van der Waals surface area (Å²) in [4.78, 5) is 0. The van der Waals surface area contributed by atoms with Gasteiger partial charge in [0.05, 0.1) is 0 Å².